The van der Waals surface area contributed by atoms with Gasteiger partial charge in [-0.2, -0.15) is 0 Å². The van der Waals surface area contributed by atoms with Crippen molar-refractivity contribution < 1.29 is 13.2 Å². The van der Waals surface area contributed by atoms with Gasteiger partial charge in [-0.15, -0.1) is 23.2 Å². The minimum absolute atomic E-state index is 0.564. The van der Waals surface area contributed by atoms with E-state index in [0.29, 0.717) is 0 Å². The fourth-order valence-electron chi connectivity index (χ4n) is 0.253. The number of nitrogens with zero attached hydrogens (tertiary/aromatic N) is 1. The van der Waals surface area contributed by atoms with Crippen LogP contribution < -0.4 is 0 Å². The van der Waals surface area contributed by atoms with Crippen molar-refractivity contribution in [2.45, 2.75) is 4.84 Å². The Kier molecular flexibility index (Phi) is 10.1. The van der Waals surface area contributed by atoms with Crippen molar-refractivity contribution in [3.8, 4) is 0 Å². The first-order valence-corrected chi connectivity index (χ1v) is 5.62. The number of halogens is 3. The molecule has 76 valence electrons. The molecular weight excluding hydrogens is 260 g/mol. The smallest absolute Gasteiger partial charge is 0.210 e. The molecule has 0 aromatic carbocycles. The highest BCUT2D eigenvalue weighted by molar-refractivity contribution is 7.90. The minimum atomic E-state index is -3.79. The van der Waals surface area contributed by atoms with E-state index in [0.717, 1.165) is 6.08 Å². The first kappa shape index (κ1) is 15.4. The summed E-state index contributed by atoms with van der Waals surface area (Å²) in [5.74, 6) is -0.564. The monoisotopic (exact) mass is 265 g/mol. The van der Waals surface area contributed by atoms with Gasteiger partial charge in [-0.1, -0.05) is 22.6 Å². The lowest BCUT2D eigenvalue weighted by molar-refractivity contribution is 0.563. The third-order valence-corrected chi connectivity index (χ3v) is 2.29. The Morgan fingerprint density at radius 3 is 2.15 bits per heavy atom. The van der Waals surface area contributed by atoms with E-state index in [4.69, 9.17) is 34.8 Å². The van der Waals surface area contributed by atoms with Gasteiger partial charge < -0.3 is 0 Å². The maximum Gasteiger partial charge on any atom is 0.266 e. The number of sulfonamides is 1. The van der Waals surface area contributed by atoms with E-state index >= 15 is 0 Å². The third-order valence-electron chi connectivity index (χ3n) is 0.513. The number of hydrogen-bond donors (Lipinski definition) is 0. The van der Waals surface area contributed by atoms with Crippen LogP contribution in [0.3, 0.4) is 0 Å². The van der Waals surface area contributed by atoms with Gasteiger partial charge in [0, 0.05) is 0 Å². The molecule has 0 unspecified atom stereocenters. The Labute approximate surface area is 91.2 Å². The van der Waals surface area contributed by atoms with Gasteiger partial charge in [0.05, 0.1) is 0 Å². The largest absolute Gasteiger partial charge is 0.266 e. The van der Waals surface area contributed by atoms with Gasteiger partial charge in [-0.25, -0.2) is 13.2 Å². The van der Waals surface area contributed by atoms with Crippen LogP contribution in [-0.4, -0.2) is 25.1 Å². The van der Waals surface area contributed by atoms with Crippen molar-refractivity contribution in [3.63, 3.8) is 0 Å². The second-order valence-corrected chi connectivity index (χ2v) is 4.74. The predicted octanol–water partition coefficient (Wildman–Crippen LogP) is 1.82. The van der Waals surface area contributed by atoms with Crippen LogP contribution in [0.25, 0.3) is 0 Å². The number of carbonyl (C=O) groups excluding carboxylic acids is 1. The third kappa shape index (κ3) is 14.8. The van der Waals surface area contributed by atoms with Crippen LogP contribution in [0.5, 0.6) is 0 Å². The maximum absolute atomic E-state index is 10.4. The summed E-state index contributed by atoms with van der Waals surface area (Å²) in [5, 5.41) is 0. The molecule has 0 atom stereocenters. The van der Waals surface area contributed by atoms with E-state index in [1.54, 1.807) is 0 Å². The normalized spacial score (nSPS) is 9.54. The second-order valence-electron chi connectivity index (χ2n) is 1.48. The molecular formula is C5H6Cl3NO3S. The van der Waals surface area contributed by atoms with Gasteiger partial charge in [-0.05, 0) is 5.54 Å². The molecule has 0 bridgehead atoms. The summed E-state index contributed by atoms with van der Waals surface area (Å²) in [4.78, 5) is 8.38. The van der Waals surface area contributed by atoms with Crippen LogP contribution in [0, 0.1) is 0 Å². The molecule has 0 aromatic heterocycles. The standard InChI is InChI=1S/C3H3Cl2NO3S.C2H3Cl/c4-3(5)1-10(8,9)6-2-7;1-2-3/h3H,1H2;2H,1H2. The molecule has 0 heterocycles. The van der Waals surface area contributed by atoms with Gasteiger partial charge >= 0.3 is 0 Å². The molecule has 0 fully saturated rings. The first-order valence-electron chi connectivity index (χ1n) is 2.70. The summed E-state index contributed by atoms with van der Waals surface area (Å²) in [6, 6.07) is 0. The van der Waals surface area contributed by atoms with Crippen LogP contribution in [0.2, 0.25) is 0 Å². The number of hydrogen-bond acceptors (Lipinski definition) is 3. The molecule has 0 aliphatic rings. The predicted molar refractivity (Wildman–Crippen MR) is 53.5 cm³/mol. The molecule has 0 amide bonds. The van der Waals surface area contributed by atoms with E-state index in [-0.39, 0.29) is 0 Å². The Morgan fingerprint density at radius 1 is 1.54 bits per heavy atom. The zero-order valence-electron chi connectivity index (χ0n) is 6.28. The molecule has 0 aromatic rings. The van der Waals surface area contributed by atoms with Crippen molar-refractivity contribution in [3.05, 3.63) is 12.1 Å². The average Bonchev–Trinajstić information content (AvgIpc) is 1.84. The maximum atomic E-state index is 10.4. The lowest BCUT2D eigenvalue weighted by Gasteiger charge is -1.93. The number of alkyl halides is 2. The van der Waals surface area contributed by atoms with Crippen molar-refractivity contribution in [2.75, 3.05) is 5.75 Å². The number of rotatable bonds is 3. The van der Waals surface area contributed by atoms with Gasteiger partial charge in [0.2, 0.25) is 0 Å². The fraction of sp³-hybridized carbons (Fsp3) is 0.400. The molecule has 0 N–H and O–H groups in total. The summed E-state index contributed by atoms with van der Waals surface area (Å²) in [6.07, 6.45) is 0.883. The zero-order valence-corrected chi connectivity index (χ0v) is 9.37. The van der Waals surface area contributed by atoms with Crippen molar-refractivity contribution in [1.82, 2.24) is 0 Å². The van der Waals surface area contributed by atoms with E-state index in [1.165, 1.54) is 5.54 Å². The molecule has 0 saturated heterocycles. The average molecular weight is 267 g/mol. The van der Waals surface area contributed by atoms with Gasteiger partial charge in [-0.3, -0.25) is 0 Å². The van der Waals surface area contributed by atoms with E-state index in [9.17, 15) is 13.2 Å². The topological polar surface area (TPSA) is 63.6 Å². The molecule has 0 spiro atoms. The molecule has 13 heavy (non-hydrogen) atoms. The Morgan fingerprint density at radius 2 is 1.92 bits per heavy atom. The van der Waals surface area contributed by atoms with E-state index in [2.05, 4.69) is 11.0 Å². The summed E-state index contributed by atoms with van der Waals surface area (Å²) >= 11 is 15.0. The van der Waals surface area contributed by atoms with Crippen molar-refractivity contribution >= 4 is 50.9 Å². The lowest BCUT2D eigenvalue weighted by atomic mass is 10.9. The van der Waals surface area contributed by atoms with E-state index < -0.39 is 20.6 Å². The van der Waals surface area contributed by atoms with Crippen LogP contribution in [-0.2, 0) is 14.8 Å². The molecule has 8 heteroatoms. The Balaban J connectivity index is 0. The SMILES string of the molecule is C=CCl.O=C=NS(=O)(=O)CC(Cl)Cl. The zero-order chi connectivity index (χ0) is 10.9. The van der Waals surface area contributed by atoms with Crippen LogP contribution in [0.4, 0.5) is 0 Å². The second kappa shape index (κ2) is 8.53. The molecule has 0 saturated carbocycles. The van der Waals surface area contributed by atoms with Crippen molar-refractivity contribution in [1.29, 1.82) is 0 Å². The molecule has 0 aliphatic heterocycles. The molecule has 0 rings (SSSR count). The van der Waals surface area contributed by atoms with Gasteiger partial charge in [0.1, 0.15) is 10.6 Å². The molecule has 4 nitrogen and oxygen atoms in total. The highest BCUT2D eigenvalue weighted by Crippen LogP contribution is 2.05. The lowest BCUT2D eigenvalue weighted by Crippen LogP contribution is -2.08. The van der Waals surface area contributed by atoms with E-state index in [1.807, 2.05) is 0 Å². The quantitative estimate of drug-likeness (QED) is 0.445. The Hall–Kier alpha value is -0.0600. The van der Waals surface area contributed by atoms with Crippen molar-refractivity contribution in [2.24, 2.45) is 4.40 Å². The summed E-state index contributed by atoms with van der Waals surface area (Å²) in [6.45, 7) is 3.13. The molecule has 0 radical (unpaired) electrons. The summed E-state index contributed by atoms with van der Waals surface area (Å²) in [7, 11) is -3.79. The van der Waals surface area contributed by atoms with Crippen LogP contribution in [0.1, 0.15) is 0 Å². The molecule has 0 aliphatic carbocycles. The Bertz CT molecular complexity index is 281. The van der Waals surface area contributed by atoms with Crippen LogP contribution >= 0.6 is 34.8 Å². The van der Waals surface area contributed by atoms with Gasteiger partial charge in [0.25, 0.3) is 16.1 Å². The highest BCUT2D eigenvalue weighted by atomic mass is 35.5. The fourth-order valence-corrected chi connectivity index (χ4v) is 1.72. The number of isocyanates is 1. The minimum Gasteiger partial charge on any atom is -0.210 e. The summed E-state index contributed by atoms with van der Waals surface area (Å²) in [5.41, 5.74) is 1.22. The summed E-state index contributed by atoms with van der Waals surface area (Å²) < 4.78 is 23.4. The van der Waals surface area contributed by atoms with Gasteiger partial charge in [0.15, 0.2) is 0 Å². The highest BCUT2D eigenvalue weighted by Gasteiger charge is 2.13. The first-order chi connectivity index (χ1) is 5.89. The van der Waals surface area contributed by atoms with Crippen LogP contribution in [0.15, 0.2) is 16.5 Å².